The molecule has 0 saturated carbocycles. The molecule has 0 bridgehead atoms. The summed E-state index contributed by atoms with van der Waals surface area (Å²) >= 11 is 0. The van der Waals surface area contributed by atoms with Crippen LogP contribution in [0.4, 0.5) is 30.4 Å². The van der Waals surface area contributed by atoms with E-state index in [0.29, 0.717) is 24.5 Å². The molecule has 148 valence electrons. The lowest BCUT2D eigenvalue weighted by atomic mass is 10.2. The first-order valence-corrected chi connectivity index (χ1v) is 8.41. The Balaban J connectivity index is 1.78. The molecule has 4 N–H and O–H groups in total. The topological polar surface area (TPSA) is 96.3 Å². The Bertz CT molecular complexity index is 774. The van der Waals surface area contributed by atoms with Gasteiger partial charge in [-0.25, -0.2) is 0 Å². The smallest absolute Gasteiger partial charge is 0.390 e. The van der Waals surface area contributed by atoms with Crippen molar-refractivity contribution in [3.63, 3.8) is 0 Å². The summed E-state index contributed by atoms with van der Waals surface area (Å²) in [6, 6.07) is 2.94. The minimum atomic E-state index is -4.63. The highest BCUT2D eigenvalue weighted by Gasteiger charge is 2.36. The zero-order valence-corrected chi connectivity index (χ0v) is 14.7. The second-order valence-corrected chi connectivity index (χ2v) is 6.18. The number of nitrogens with one attached hydrogen (secondary N) is 3. The van der Waals surface area contributed by atoms with Crippen molar-refractivity contribution in [2.75, 3.05) is 36.9 Å². The van der Waals surface area contributed by atoms with Gasteiger partial charge in [0.1, 0.15) is 0 Å². The third-order valence-corrected chi connectivity index (χ3v) is 4.13. The number of aryl methyl sites for hydroxylation is 1. The zero-order chi connectivity index (χ0) is 19.4. The second-order valence-electron chi connectivity index (χ2n) is 6.18. The van der Waals surface area contributed by atoms with Crippen LogP contribution in [0.15, 0.2) is 18.3 Å². The van der Waals surface area contributed by atoms with E-state index in [1.807, 2.05) is 0 Å². The van der Waals surface area contributed by atoms with E-state index in [1.54, 1.807) is 23.9 Å². The number of nitrogens with zero attached hydrogens (tertiary/aromatic N) is 3. The van der Waals surface area contributed by atoms with Crippen LogP contribution in [-0.4, -0.2) is 52.2 Å². The van der Waals surface area contributed by atoms with Crippen LogP contribution >= 0.6 is 0 Å². The zero-order valence-electron chi connectivity index (χ0n) is 14.7. The van der Waals surface area contributed by atoms with E-state index >= 15 is 0 Å². The van der Waals surface area contributed by atoms with Crippen molar-refractivity contribution < 1.29 is 23.0 Å². The third-order valence-electron chi connectivity index (χ3n) is 4.13. The minimum absolute atomic E-state index is 0.154. The third kappa shape index (κ3) is 4.87. The number of morpholine rings is 1. The molecule has 3 heterocycles. The van der Waals surface area contributed by atoms with Gasteiger partial charge in [0.15, 0.2) is 11.5 Å². The maximum absolute atomic E-state index is 13.2. The first-order valence-electron chi connectivity index (χ1n) is 8.41. The number of ether oxygens (including phenoxy) is 1. The average Bonchev–Trinajstić information content (AvgIpc) is 2.99. The standard InChI is InChI=1S/C16H21F3N6O2/c1-25-8-10(4-11(25)9-26)22-14-5-13(15(24-23-14)16(17,18)19)21-7-12-6-20-2-3-27-12/h4-5,8,12,20,26H,2-3,6-7,9H2,1H3,(H2,21,22,23)/t12-/m0/s1. The number of halogens is 3. The van der Waals surface area contributed by atoms with Gasteiger partial charge in [-0.1, -0.05) is 0 Å². The van der Waals surface area contributed by atoms with Crippen molar-refractivity contribution in [1.29, 1.82) is 0 Å². The number of hydrogen-bond acceptors (Lipinski definition) is 7. The Labute approximate surface area is 153 Å². The SMILES string of the molecule is Cn1cc(Nc2cc(NC[C@@H]3CNCCO3)c(C(F)(F)F)nn2)cc1CO. The fourth-order valence-corrected chi connectivity index (χ4v) is 2.76. The summed E-state index contributed by atoms with van der Waals surface area (Å²) in [5.74, 6) is 0.156. The van der Waals surface area contributed by atoms with E-state index in [4.69, 9.17) is 4.74 Å². The predicted molar refractivity (Wildman–Crippen MR) is 92.8 cm³/mol. The molecule has 1 aliphatic rings. The van der Waals surface area contributed by atoms with E-state index in [1.165, 1.54) is 6.07 Å². The van der Waals surface area contributed by atoms with Crippen LogP contribution in [0.5, 0.6) is 0 Å². The molecule has 27 heavy (non-hydrogen) atoms. The lowest BCUT2D eigenvalue weighted by molar-refractivity contribution is -0.141. The fourth-order valence-electron chi connectivity index (χ4n) is 2.76. The minimum Gasteiger partial charge on any atom is -0.390 e. The molecule has 2 aromatic heterocycles. The van der Waals surface area contributed by atoms with Gasteiger partial charge in [0.05, 0.1) is 30.7 Å². The van der Waals surface area contributed by atoms with Crippen LogP contribution in [0.25, 0.3) is 0 Å². The highest BCUT2D eigenvalue weighted by Crippen LogP contribution is 2.34. The summed E-state index contributed by atoms with van der Waals surface area (Å²) < 4.78 is 46.9. The van der Waals surface area contributed by atoms with Crippen molar-refractivity contribution >= 4 is 17.2 Å². The molecule has 0 radical (unpaired) electrons. The molecule has 0 spiro atoms. The van der Waals surface area contributed by atoms with Crippen molar-refractivity contribution in [1.82, 2.24) is 20.1 Å². The largest absolute Gasteiger partial charge is 0.437 e. The number of alkyl halides is 3. The fraction of sp³-hybridized carbons (Fsp3) is 0.500. The molecule has 0 aliphatic carbocycles. The first kappa shape index (κ1) is 19.4. The molecule has 1 saturated heterocycles. The maximum atomic E-state index is 13.2. The van der Waals surface area contributed by atoms with Gasteiger partial charge in [0, 0.05) is 44.6 Å². The number of hydrogen-bond donors (Lipinski definition) is 4. The number of anilines is 3. The normalized spacial score (nSPS) is 17.7. The van der Waals surface area contributed by atoms with Gasteiger partial charge in [-0.2, -0.15) is 13.2 Å². The van der Waals surface area contributed by atoms with Crippen molar-refractivity contribution in [3.8, 4) is 0 Å². The van der Waals surface area contributed by atoms with Crippen molar-refractivity contribution in [3.05, 3.63) is 29.7 Å². The van der Waals surface area contributed by atoms with E-state index < -0.39 is 11.9 Å². The van der Waals surface area contributed by atoms with Crippen LogP contribution in [0.3, 0.4) is 0 Å². The Kier molecular flexibility index (Phi) is 5.82. The summed E-state index contributed by atoms with van der Waals surface area (Å²) in [6.07, 6.45) is -3.17. The van der Waals surface area contributed by atoms with Gasteiger partial charge in [0.2, 0.25) is 0 Å². The quantitative estimate of drug-likeness (QED) is 0.597. The van der Waals surface area contributed by atoms with Gasteiger partial charge >= 0.3 is 6.18 Å². The summed E-state index contributed by atoms with van der Waals surface area (Å²) in [5, 5.41) is 25.0. The Hall–Kier alpha value is -2.37. The number of aromatic nitrogens is 3. The van der Waals surface area contributed by atoms with Crippen LogP contribution in [0.2, 0.25) is 0 Å². The van der Waals surface area contributed by atoms with E-state index in [-0.39, 0.29) is 30.8 Å². The first-order chi connectivity index (χ1) is 12.9. The molecule has 2 aromatic rings. The molecule has 0 aromatic carbocycles. The summed E-state index contributed by atoms with van der Waals surface area (Å²) in [5.41, 5.74) is -0.0209. The average molecular weight is 386 g/mol. The monoisotopic (exact) mass is 386 g/mol. The maximum Gasteiger partial charge on any atom is 0.437 e. The molecule has 0 amide bonds. The van der Waals surface area contributed by atoms with E-state index in [2.05, 4.69) is 26.1 Å². The second kappa shape index (κ2) is 8.11. The number of aliphatic hydroxyl groups is 1. The lowest BCUT2D eigenvalue weighted by Gasteiger charge is -2.24. The van der Waals surface area contributed by atoms with E-state index in [9.17, 15) is 18.3 Å². The Morgan fingerprint density at radius 2 is 2.19 bits per heavy atom. The molecule has 8 nitrogen and oxygen atoms in total. The van der Waals surface area contributed by atoms with Gasteiger partial charge in [-0.15, -0.1) is 10.2 Å². The summed E-state index contributed by atoms with van der Waals surface area (Å²) in [6.45, 7) is 1.86. The molecule has 1 aliphatic heterocycles. The summed E-state index contributed by atoms with van der Waals surface area (Å²) in [7, 11) is 1.75. The molecule has 1 fully saturated rings. The van der Waals surface area contributed by atoms with Gasteiger partial charge in [-0.05, 0) is 6.07 Å². The van der Waals surface area contributed by atoms with Crippen LogP contribution < -0.4 is 16.0 Å². The number of rotatable bonds is 6. The van der Waals surface area contributed by atoms with Gasteiger partial charge < -0.3 is 30.4 Å². The summed E-state index contributed by atoms with van der Waals surface area (Å²) in [4.78, 5) is 0. The molecular formula is C16H21F3N6O2. The lowest BCUT2D eigenvalue weighted by Crippen LogP contribution is -2.42. The van der Waals surface area contributed by atoms with Crippen LogP contribution in [0, 0.1) is 0 Å². The van der Waals surface area contributed by atoms with Gasteiger partial charge in [0.25, 0.3) is 0 Å². The molecule has 3 rings (SSSR count). The Morgan fingerprint density at radius 1 is 1.37 bits per heavy atom. The van der Waals surface area contributed by atoms with Crippen LogP contribution in [-0.2, 0) is 24.6 Å². The number of aliphatic hydroxyl groups excluding tert-OH is 1. The Morgan fingerprint density at radius 3 is 2.81 bits per heavy atom. The van der Waals surface area contributed by atoms with Crippen LogP contribution in [0.1, 0.15) is 11.4 Å². The molecular weight excluding hydrogens is 365 g/mol. The highest BCUT2D eigenvalue weighted by atomic mass is 19.4. The predicted octanol–water partition coefficient (Wildman–Crippen LogP) is 1.47. The van der Waals surface area contributed by atoms with Crippen molar-refractivity contribution in [2.24, 2.45) is 7.05 Å². The highest BCUT2D eigenvalue weighted by molar-refractivity contribution is 5.62. The van der Waals surface area contributed by atoms with Crippen molar-refractivity contribution in [2.45, 2.75) is 18.9 Å². The molecule has 1 atom stereocenters. The van der Waals surface area contributed by atoms with E-state index in [0.717, 1.165) is 6.54 Å². The van der Waals surface area contributed by atoms with Gasteiger partial charge in [-0.3, -0.25) is 0 Å². The molecule has 11 heteroatoms. The molecule has 0 unspecified atom stereocenters.